The highest BCUT2D eigenvalue weighted by molar-refractivity contribution is 5.82. The summed E-state index contributed by atoms with van der Waals surface area (Å²) >= 11 is 0. The van der Waals surface area contributed by atoms with Crippen molar-refractivity contribution in [1.29, 1.82) is 0 Å². The Morgan fingerprint density at radius 1 is 1.36 bits per heavy atom. The van der Waals surface area contributed by atoms with Crippen LogP contribution in [0.3, 0.4) is 0 Å². The van der Waals surface area contributed by atoms with E-state index in [0.29, 0.717) is 18.4 Å². The smallest absolute Gasteiger partial charge is 0.149 e. The quantitative estimate of drug-likeness (QED) is 0.656. The van der Waals surface area contributed by atoms with Crippen LogP contribution < -0.4 is 5.32 Å². The Bertz CT molecular complexity index is 121. The zero-order valence-electron chi connectivity index (χ0n) is 7.98. The maximum atomic E-state index is 11.2. The van der Waals surface area contributed by atoms with Gasteiger partial charge in [0, 0.05) is 12.0 Å². The van der Waals surface area contributed by atoms with Crippen LogP contribution in [0.25, 0.3) is 0 Å². The van der Waals surface area contributed by atoms with Gasteiger partial charge in [0.15, 0.2) is 0 Å². The second-order valence-corrected chi connectivity index (χ2v) is 3.31. The molecule has 0 radical (unpaired) electrons. The van der Waals surface area contributed by atoms with Crippen molar-refractivity contribution in [2.75, 3.05) is 6.54 Å². The summed E-state index contributed by atoms with van der Waals surface area (Å²) in [5.41, 5.74) is 0. The molecule has 0 aromatic heterocycles. The fourth-order valence-electron chi connectivity index (χ4n) is 0.707. The van der Waals surface area contributed by atoms with E-state index in [1.54, 1.807) is 0 Å². The average Bonchev–Trinajstić information content (AvgIpc) is 1.98. The Morgan fingerprint density at radius 2 is 1.91 bits per heavy atom. The van der Waals surface area contributed by atoms with Gasteiger partial charge in [0.25, 0.3) is 0 Å². The largest absolute Gasteiger partial charge is 0.308 e. The Morgan fingerprint density at radius 3 is 2.27 bits per heavy atom. The highest BCUT2D eigenvalue weighted by Gasteiger charge is 2.09. The molecule has 0 amide bonds. The zero-order valence-corrected chi connectivity index (χ0v) is 7.98. The molecule has 0 heterocycles. The van der Waals surface area contributed by atoms with Crippen molar-refractivity contribution in [3.63, 3.8) is 0 Å². The van der Waals surface area contributed by atoms with Gasteiger partial charge in [-0.1, -0.05) is 27.7 Å². The van der Waals surface area contributed by atoms with Gasteiger partial charge in [-0.2, -0.15) is 0 Å². The highest BCUT2D eigenvalue weighted by Crippen LogP contribution is 2.00. The van der Waals surface area contributed by atoms with Crippen LogP contribution in [0.4, 0.5) is 0 Å². The monoisotopic (exact) mass is 157 g/mol. The fraction of sp³-hybridized carbons (Fsp3) is 0.889. The predicted octanol–water partition coefficient (Wildman–Crippen LogP) is 1.60. The van der Waals surface area contributed by atoms with Crippen molar-refractivity contribution < 1.29 is 4.79 Å². The second-order valence-electron chi connectivity index (χ2n) is 3.31. The molecule has 0 saturated heterocycles. The number of nitrogens with one attached hydrogen (secondary N) is 1. The van der Waals surface area contributed by atoms with Crippen molar-refractivity contribution in [2.24, 2.45) is 5.92 Å². The van der Waals surface area contributed by atoms with Crippen LogP contribution >= 0.6 is 0 Å². The maximum Gasteiger partial charge on any atom is 0.149 e. The summed E-state index contributed by atoms with van der Waals surface area (Å²) in [5.74, 6) is 0.530. The van der Waals surface area contributed by atoms with E-state index in [1.807, 2.05) is 27.7 Å². The number of hydrogen-bond donors (Lipinski definition) is 1. The minimum atomic E-state index is 0.209. The van der Waals surface area contributed by atoms with Crippen LogP contribution in [0, 0.1) is 5.92 Å². The van der Waals surface area contributed by atoms with Crippen molar-refractivity contribution in [3.05, 3.63) is 0 Å². The lowest BCUT2D eigenvalue weighted by atomic mass is 10.0. The fourth-order valence-corrected chi connectivity index (χ4v) is 0.707. The van der Waals surface area contributed by atoms with Crippen molar-refractivity contribution >= 4 is 5.78 Å². The topological polar surface area (TPSA) is 29.1 Å². The first kappa shape index (κ1) is 10.6. The van der Waals surface area contributed by atoms with Gasteiger partial charge in [-0.25, -0.2) is 0 Å². The summed E-state index contributed by atoms with van der Waals surface area (Å²) in [7, 11) is 0. The first-order chi connectivity index (χ1) is 5.07. The molecule has 2 heteroatoms. The molecule has 11 heavy (non-hydrogen) atoms. The molecule has 0 aliphatic carbocycles. The third-order valence-electron chi connectivity index (χ3n) is 1.85. The minimum Gasteiger partial charge on any atom is -0.308 e. The molecule has 0 bridgehead atoms. The predicted molar refractivity (Wildman–Crippen MR) is 47.6 cm³/mol. The van der Waals surface area contributed by atoms with Gasteiger partial charge < -0.3 is 5.32 Å². The Balaban J connectivity index is 3.52. The number of carbonyl (C=O) groups excluding carboxylic acids is 1. The summed E-state index contributed by atoms with van der Waals surface area (Å²) in [6.45, 7) is 8.63. The van der Waals surface area contributed by atoms with E-state index in [9.17, 15) is 4.79 Å². The molecule has 0 aliphatic rings. The van der Waals surface area contributed by atoms with Crippen LogP contribution in [0.2, 0.25) is 0 Å². The van der Waals surface area contributed by atoms with Crippen molar-refractivity contribution in [1.82, 2.24) is 5.32 Å². The molecule has 0 saturated carbocycles. The number of carbonyl (C=O) groups is 1. The molecule has 0 rings (SSSR count). The Labute approximate surface area is 69.4 Å². The molecule has 1 unspecified atom stereocenters. The van der Waals surface area contributed by atoms with Crippen molar-refractivity contribution in [3.8, 4) is 0 Å². The average molecular weight is 157 g/mol. The lowest BCUT2D eigenvalue weighted by Crippen LogP contribution is -2.31. The molecule has 0 aromatic carbocycles. The van der Waals surface area contributed by atoms with Gasteiger partial charge in [-0.15, -0.1) is 0 Å². The maximum absolute atomic E-state index is 11.2. The van der Waals surface area contributed by atoms with Crippen LogP contribution in [0.5, 0.6) is 0 Å². The van der Waals surface area contributed by atoms with Gasteiger partial charge in [0.05, 0.1) is 6.54 Å². The Hall–Kier alpha value is -0.370. The van der Waals surface area contributed by atoms with E-state index < -0.39 is 0 Å². The van der Waals surface area contributed by atoms with Crippen molar-refractivity contribution in [2.45, 2.75) is 40.2 Å². The normalized spacial score (nSPS) is 13.5. The summed E-state index contributed by atoms with van der Waals surface area (Å²) in [4.78, 5) is 11.2. The van der Waals surface area contributed by atoms with Crippen LogP contribution in [-0.2, 0) is 4.79 Å². The zero-order chi connectivity index (χ0) is 8.85. The molecule has 66 valence electrons. The third-order valence-corrected chi connectivity index (χ3v) is 1.85. The second kappa shape index (κ2) is 5.30. The van der Waals surface area contributed by atoms with E-state index in [-0.39, 0.29) is 5.92 Å². The first-order valence-electron chi connectivity index (χ1n) is 4.34. The van der Waals surface area contributed by atoms with Crippen LogP contribution in [0.15, 0.2) is 0 Å². The van der Waals surface area contributed by atoms with Gasteiger partial charge in [0.2, 0.25) is 0 Å². The lowest BCUT2D eigenvalue weighted by Gasteiger charge is -2.10. The SMILES string of the molecule is CCC(C)C(=O)CNC(C)C. The number of Topliss-reactive ketones (excluding diaryl/α,β-unsaturated/α-hetero) is 1. The lowest BCUT2D eigenvalue weighted by molar-refractivity contribution is -0.121. The minimum absolute atomic E-state index is 0.209. The van der Waals surface area contributed by atoms with Crippen LogP contribution in [0.1, 0.15) is 34.1 Å². The van der Waals surface area contributed by atoms with Gasteiger partial charge in [-0.3, -0.25) is 4.79 Å². The third kappa shape index (κ3) is 4.96. The first-order valence-corrected chi connectivity index (χ1v) is 4.34. The molecule has 2 nitrogen and oxygen atoms in total. The molecule has 0 spiro atoms. The van der Waals surface area contributed by atoms with E-state index in [0.717, 1.165) is 6.42 Å². The van der Waals surface area contributed by atoms with Crippen LogP contribution in [-0.4, -0.2) is 18.4 Å². The molecule has 0 aromatic rings. The molecular formula is C9H19NO. The van der Waals surface area contributed by atoms with E-state index in [4.69, 9.17) is 0 Å². The summed E-state index contributed by atoms with van der Waals surface area (Å²) in [6, 6.07) is 0.406. The van der Waals surface area contributed by atoms with E-state index >= 15 is 0 Å². The van der Waals surface area contributed by atoms with Gasteiger partial charge in [-0.05, 0) is 6.42 Å². The number of ketones is 1. The molecule has 0 fully saturated rings. The number of rotatable bonds is 5. The number of hydrogen-bond acceptors (Lipinski definition) is 2. The van der Waals surface area contributed by atoms with E-state index in [2.05, 4.69) is 5.32 Å². The Kier molecular flexibility index (Phi) is 5.12. The van der Waals surface area contributed by atoms with Gasteiger partial charge >= 0.3 is 0 Å². The molecule has 0 aliphatic heterocycles. The molecular weight excluding hydrogens is 138 g/mol. The van der Waals surface area contributed by atoms with E-state index in [1.165, 1.54) is 0 Å². The van der Waals surface area contributed by atoms with Gasteiger partial charge in [0.1, 0.15) is 5.78 Å². The molecule has 1 atom stereocenters. The summed E-state index contributed by atoms with van der Waals surface area (Å²) in [6.07, 6.45) is 0.943. The summed E-state index contributed by atoms with van der Waals surface area (Å²) < 4.78 is 0. The highest BCUT2D eigenvalue weighted by atomic mass is 16.1. The molecule has 1 N–H and O–H groups in total. The summed E-state index contributed by atoms with van der Waals surface area (Å²) in [5, 5.41) is 3.11. The standard InChI is InChI=1S/C9H19NO/c1-5-8(4)9(11)6-10-7(2)3/h7-8,10H,5-6H2,1-4H3.